The van der Waals surface area contributed by atoms with Crippen molar-refractivity contribution in [2.24, 2.45) is 0 Å². The van der Waals surface area contributed by atoms with Crippen molar-refractivity contribution in [3.63, 3.8) is 0 Å². The maximum atomic E-state index is 4.77. The number of nitrogens with zero attached hydrogens (tertiary/aromatic N) is 3. The summed E-state index contributed by atoms with van der Waals surface area (Å²) in [6, 6.07) is 0.625. The average molecular weight is 238 g/mol. The lowest BCUT2D eigenvalue weighted by Gasteiger charge is -2.34. The minimum Gasteiger partial charge on any atom is -0.315 e. The van der Waals surface area contributed by atoms with Crippen LogP contribution < -0.4 is 5.32 Å². The molecule has 0 aromatic carbocycles. The van der Waals surface area contributed by atoms with Crippen molar-refractivity contribution >= 4 is 0 Å². The molecule has 96 valence electrons. The van der Waals surface area contributed by atoms with Crippen LogP contribution in [0.25, 0.3) is 0 Å². The minimum atomic E-state index is 0.625. The maximum absolute atomic E-state index is 4.77. The molecule has 5 nitrogen and oxygen atoms in total. The summed E-state index contributed by atoms with van der Waals surface area (Å²) in [6.07, 6.45) is 3.71. The fourth-order valence-electron chi connectivity index (χ4n) is 2.41. The third-order valence-corrected chi connectivity index (χ3v) is 3.40. The molecule has 2 rings (SSSR count). The topological polar surface area (TPSA) is 54.2 Å². The first-order chi connectivity index (χ1) is 8.31. The van der Waals surface area contributed by atoms with Gasteiger partial charge < -0.3 is 5.32 Å². The van der Waals surface area contributed by atoms with Gasteiger partial charge in [0.05, 0.1) is 0 Å². The first-order valence-corrected chi connectivity index (χ1v) is 6.54. The number of aryl methyl sites for hydroxylation is 1. The zero-order valence-corrected chi connectivity index (χ0v) is 10.8. The Labute approximate surface area is 103 Å². The number of nitrogens with one attached hydrogen (secondary N) is 1. The van der Waals surface area contributed by atoms with Gasteiger partial charge in [-0.3, -0.25) is 4.90 Å². The van der Waals surface area contributed by atoms with Gasteiger partial charge in [-0.1, -0.05) is 17.2 Å². The highest BCUT2D eigenvalue weighted by atomic mass is 16.6. The second-order valence-corrected chi connectivity index (χ2v) is 4.77. The highest BCUT2D eigenvalue weighted by molar-refractivity contribution is 5.04. The fourth-order valence-corrected chi connectivity index (χ4v) is 2.41. The third kappa shape index (κ3) is 3.26. The molecule has 1 unspecified atom stereocenters. The summed E-state index contributed by atoms with van der Waals surface area (Å²) in [5.41, 5.74) is 1.89. The van der Waals surface area contributed by atoms with Crippen molar-refractivity contribution in [1.82, 2.24) is 20.5 Å². The quantitative estimate of drug-likeness (QED) is 0.839. The van der Waals surface area contributed by atoms with Crippen LogP contribution in [0.15, 0.2) is 4.63 Å². The van der Waals surface area contributed by atoms with Crippen LogP contribution in [0.5, 0.6) is 0 Å². The Morgan fingerprint density at radius 1 is 1.47 bits per heavy atom. The number of aromatic nitrogens is 2. The van der Waals surface area contributed by atoms with Gasteiger partial charge in [0.2, 0.25) is 0 Å². The molecule has 0 amide bonds. The Morgan fingerprint density at radius 2 is 2.35 bits per heavy atom. The van der Waals surface area contributed by atoms with E-state index < -0.39 is 0 Å². The molecule has 1 saturated heterocycles. The predicted molar refractivity (Wildman–Crippen MR) is 65.6 cm³/mol. The number of rotatable bonds is 5. The Bertz CT molecular complexity index is 333. The zero-order valence-electron chi connectivity index (χ0n) is 10.8. The van der Waals surface area contributed by atoms with E-state index >= 15 is 0 Å². The molecule has 17 heavy (non-hydrogen) atoms. The number of piperidine rings is 1. The van der Waals surface area contributed by atoms with Gasteiger partial charge in [-0.25, -0.2) is 4.63 Å². The number of hydrogen-bond donors (Lipinski definition) is 1. The highest BCUT2D eigenvalue weighted by Crippen LogP contribution is 2.15. The summed E-state index contributed by atoms with van der Waals surface area (Å²) in [4.78, 5) is 2.50. The monoisotopic (exact) mass is 238 g/mol. The van der Waals surface area contributed by atoms with Crippen LogP contribution in [0.2, 0.25) is 0 Å². The fraction of sp³-hybridized carbons (Fsp3) is 0.833. The Morgan fingerprint density at radius 3 is 2.94 bits per heavy atom. The van der Waals surface area contributed by atoms with E-state index in [1.54, 1.807) is 0 Å². The van der Waals surface area contributed by atoms with Crippen molar-refractivity contribution in [3.8, 4) is 0 Å². The second kappa shape index (κ2) is 6.12. The van der Waals surface area contributed by atoms with E-state index in [0.29, 0.717) is 6.04 Å². The van der Waals surface area contributed by atoms with Crippen LogP contribution in [0.1, 0.15) is 37.6 Å². The van der Waals surface area contributed by atoms with Crippen LogP contribution in [0, 0.1) is 6.92 Å². The van der Waals surface area contributed by atoms with Crippen LogP contribution >= 0.6 is 0 Å². The van der Waals surface area contributed by atoms with Crippen molar-refractivity contribution in [1.29, 1.82) is 0 Å². The van der Waals surface area contributed by atoms with Gasteiger partial charge in [0.25, 0.3) is 0 Å². The summed E-state index contributed by atoms with van der Waals surface area (Å²) in [5.74, 6) is 0. The van der Waals surface area contributed by atoms with Crippen LogP contribution in [-0.4, -0.2) is 40.9 Å². The summed E-state index contributed by atoms with van der Waals surface area (Å²) in [6.45, 7) is 8.38. The largest absolute Gasteiger partial charge is 0.315 e. The first kappa shape index (κ1) is 12.5. The highest BCUT2D eigenvalue weighted by Gasteiger charge is 2.22. The number of hydrogen-bond acceptors (Lipinski definition) is 5. The summed E-state index contributed by atoms with van der Waals surface area (Å²) < 4.78 is 4.77. The Hall–Kier alpha value is -0.940. The molecule has 1 aliphatic rings. The van der Waals surface area contributed by atoms with E-state index in [4.69, 9.17) is 4.63 Å². The van der Waals surface area contributed by atoms with E-state index in [-0.39, 0.29) is 0 Å². The normalized spacial score (nSPS) is 21.0. The third-order valence-electron chi connectivity index (χ3n) is 3.40. The van der Waals surface area contributed by atoms with Crippen LogP contribution in [0.3, 0.4) is 0 Å². The van der Waals surface area contributed by atoms with Crippen LogP contribution in [-0.2, 0) is 6.54 Å². The van der Waals surface area contributed by atoms with E-state index in [9.17, 15) is 0 Å². The molecule has 0 spiro atoms. The molecule has 1 aromatic heterocycles. The molecule has 1 aliphatic heterocycles. The van der Waals surface area contributed by atoms with Gasteiger partial charge in [-0.15, -0.1) is 0 Å². The Balaban J connectivity index is 1.98. The molecular formula is C12H22N4O. The van der Waals surface area contributed by atoms with Gasteiger partial charge in [-0.05, 0) is 39.3 Å². The molecule has 1 N–H and O–H groups in total. The summed E-state index contributed by atoms with van der Waals surface area (Å²) in [5, 5.41) is 11.3. The zero-order chi connectivity index (χ0) is 12.1. The molecule has 1 fully saturated rings. The smallest absolute Gasteiger partial charge is 0.122 e. The molecule has 0 bridgehead atoms. The lowest BCUT2D eigenvalue weighted by molar-refractivity contribution is 0.153. The van der Waals surface area contributed by atoms with Gasteiger partial charge >= 0.3 is 0 Å². The second-order valence-electron chi connectivity index (χ2n) is 4.77. The lowest BCUT2D eigenvalue weighted by atomic mass is 10.1. The SMILES string of the molecule is CCCN(Cc1nonc1C)C1CCCNC1. The van der Waals surface area contributed by atoms with E-state index in [0.717, 1.165) is 37.6 Å². The van der Waals surface area contributed by atoms with Gasteiger partial charge in [-0.2, -0.15) is 0 Å². The molecule has 2 heterocycles. The summed E-state index contributed by atoms with van der Waals surface area (Å²) >= 11 is 0. The van der Waals surface area contributed by atoms with E-state index in [1.807, 2.05) is 6.92 Å². The van der Waals surface area contributed by atoms with Gasteiger partial charge in [0, 0.05) is 19.1 Å². The predicted octanol–water partition coefficient (Wildman–Crippen LogP) is 1.34. The summed E-state index contributed by atoms with van der Waals surface area (Å²) in [7, 11) is 0. The van der Waals surface area contributed by atoms with Crippen molar-refractivity contribution in [2.75, 3.05) is 19.6 Å². The van der Waals surface area contributed by atoms with Crippen LogP contribution in [0.4, 0.5) is 0 Å². The van der Waals surface area contributed by atoms with Gasteiger partial charge in [0.1, 0.15) is 11.4 Å². The first-order valence-electron chi connectivity index (χ1n) is 6.54. The van der Waals surface area contributed by atoms with Gasteiger partial charge in [0.15, 0.2) is 0 Å². The molecule has 0 aliphatic carbocycles. The van der Waals surface area contributed by atoms with Crippen molar-refractivity contribution in [2.45, 2.75) is 45.7 Å². The Kier molecular flexibility index (Phi) is 4.50. The lowest BCUT2D eigenvalue weighted by Crippen LogP contribution is -2.46. The van der Waals surface area contributed by atoms with E-state index in [2.05, 4.69) is 27.5 Å². The molecule has 1 atom stereocenters. The standard InChI is InChI=1S/C12H22N4O/c1-3-7-16(11-5-4-6-13-8-11)9-12-10(2)14-17-15-12/h11,13H,3-9H2,1-2H3. The molecular weight excluding hydrogens is 216 g/mol. The molecule has 5 heteroatoms. The van der Waals surface area contributed by atoms with E-state index in [1.165, 1.54) is 19.3 Å². The van der Waals surface area contributed by atoms with Crippen molar-refractivity contribution < 1.29 is 4.63 Å². The average Bonchev–Trinajstić information content (AvgIpc) is 2.76. The maximum Gasteiger partial charge on any atom is 0.122 e. The molecule has 0 saturated carbocycles. The molecule has 1 aromatic rings. The molecule has 0 radical (unpaired) electrons. The van der Waals surface area contributed by atoms with Crippen molar-refractivity contribution in [3.05, 3.63) is 11.4 Å². The minimum absolute atomic E-state index is 0.625.